The van der Waals surface area contributed by atoms with E-state index in [9.17, 15) is 14.4 Å². The first-order valence-corrected chi connectivity index (χ1v) is 12.5. The molecule has 7 rings (SSSR count). The summed E-state index contributed by atoms with van der Waals surface area (Å²) in [5.74, 6) is -3.38. The molecule has 180 valence electrons. The van der Waals surface area contributed by atoms with Crippen LogP contribution in [-0.4, -0.2) is 17.8 Å². The van der Waals surface area contributed by atoms with Gasteiger partial charge in [0.2, 0.25) is 11.8 Å². The lowest BCUT2D eigenvalue weighted by molar-refractivity contribution is -0.142. The number of benzene rings is 4. The fourth-order valence-corrected chi connectivity index (χ4v) is 6.28. The van der Waals surface area contributed by atoms with Crippen molar-refractivity contribution in [3.63, 3.8) is 0 Å². The maximum atomic E-state index is 14.1. The Morgan fingerprint density at radius 1 is 0.730 bits per heavy atom. The van der Waals surface area contributed by atoms with Crippen LogP contribution >= 0.6 is 0 Å². The molecule has 1 aliphatic carbocycles. The third kappa shape index (κ3) is 3.13. The van der Waals surface area contributed by atoms with Gasteiger partial charge in [0.05, 0.1) is 23.4 Å². The van der Waals surface area contributed by atoms with Crippen LogP contribution in [0.2, 0.25) is 0 Å². The molecular weight excluding hydrogens is 462 g/mol. The van der Waals surface area contributed by atoms with E-state index in [2.05, 4.69) is 0 Å². The Labute approximate surface area is 214 Å². The SMILES string of the molecule is Cc1ccc(N2C(=O)[C@@H]3[C@@H]4C(=O)Oc5ccc6ccccc6c5C4=C[C@@H](c4ccccc4)[C@H]3C2=O)cc1. The van der Waals surface area contributed by atoms with Crippen molar-refractivity contribution in [3.8, 4) is 5.75 Å². The fraction of sp³-hybridized carbons (Fsp3) is 0.156. The zero-order valence-electron chi connectivity index (χ0n) is 20.1. The molecule has 3 aliphatic rings. The van der Waals surface area contributed by atoms with E-state index in [1.807, 2.05) is 91.9 Å². The van der Waals surface area contributed by atoms with Gasteiger partial charge in [-0.05, 0) is 47.0 Å². The molecule has 0 N–H and O–H groups in total. The summed E-state index contributed by atoms with van der Waals surface area (Å²) in [4.78, 5) is 42.8. The number of esters is 1. The summed E-state index contributed by atoms with van der Waals surface area (Å²) in [6.07, 6.45) is 2.04. The van der Waals surface area contributed by atoms with Crippen molar-refractivity contribution >= 4 is 39.8 Å². The first kappa shape index (κ1) is 21.7. The average Bonchev–Trinajstić information content (AvgIpc) is 3.19. The number of imide groups is 1. The van der Waals surface area contributed by atoms with E-state index < -0.39 is 23.7 Å². The van der Waals surface area contributed by atoms with Gasteiger partial charge in [-0.3, -0.25) is 14.4 Å². The smallest absolute Gasteiger partial charge is 0.319 e. The van der Waals surface area contributed by atoms with Crippen LogP contribution in [0.1, 0.15) is 22.6 Å². The van der Waals surface area contributed by atoms with Gasteiger partial charge in [0.1, 0.15) is 5.75 Å². The summed E-state index contributed by atoms with van der Waals surface area (Å²) in [6.45, 7) is 1.96. The quantitative estimate of drug-likeness (QED) is 0.209. The van der Waals surface area contributed by atoms with Crippen LogP contribution in [0, 0.1) is 24.7 Å². The Bertz CT molecular complexity index is 1640. The number of hydrogen-bond acceptors (Lipinski definition) is 4. The Morgan fingerprint density at radius 3 is 2.22 bits per heavy atom. The van der Waals surface area contributed by atoms with Crippen molar-refractivity contribution in [2.45, 2.75) is 12.8 Å². The van der Waals surface area contributed by atoms with E-state index in [-0.39, 0.29) is 17.7 Å². The number of aryl methyl sites for hydroxylation is 1. The number of hydrogen-bond donors (Lipinski definition) is 0. The normalized spacial score (nSPS) is 24.3. The second-order valence-corrected chi connectivity index (χ2v) is 10.0. The Morgan fingerprint density at radius 2 is 1.43 bits per heavy atom. The highest BCUT2D eigenvalue weighted by atomic mass is 16.5. The first-order chi connectivity index (χ1) is 18.0. The molecule has 4 atom stereocenters. The monoisotopic (exact) mass is 485 g/mol. The van der Waals surface area contributed by atoms with E-state index in [1.165, 1.54) is 4.90 Å². The lowest BCUT2D eigenvalue weighted by Crippen LogP contribution is -2.42. The number of rotatable bonds is 2. The predicted molar refractivity (Wildman–Crippen MR) is 141 cm³/mol. The molecule has 2 amide bonds. The summed E-state index contributed by atoms with van der Waals surface area (Å²) >= 11 is 0. The van der Waals surface area contributed by atoms with E-state index in [1.54, 1.807) is 12.1 Å². The summed E-state index contributed by atoms with van der Waals surface area (Å²) in [5, 5.41) is 1.98. The summed E-state index contributed by atoms with van der Waals surface area (Å²) < 4.78 is 5.84. The predicted octanol–water partition coefficient (Wildman–Crippen LogP) is 5.67. The molecule has 2 aliphatic heterocycles. The van der Waals surface area contributed by atoms with Crippen LogP contribution < -0.4 is 9.64 Å². The minimum atomic E-state index is -0.852. The molecule has 5 nitrogen and oxygen atoms in total. The van der Waals surface area contributed by atoms with Crippen molar-refractivity contribution in [2.75, 3.05) is 4.90 Å². The van der Waals surface area contributed by atoms with Crippen molar-refractivity contribution in [2.24, 2.45) is 17.8 Å². The van der Waals surface area contributed by atoms with E-state index >= 15 is 0 Å². The highest BCUT2D eigenvalue weighted by Crippen LogP contribution is 2.55. The third-order valence-corrected chi connectivity index (χ3v) is 7.96. The molecule has 0 bridgehead atoms. The number of ether oxygens (including phenoxy) is 1. The van der Waals surface area contributed by atoms with Crippen LogP contribution in [-0.2, 0) is 14.4 Å². The van der Waals surface area contributed by atoms with Crippen LogP contribution in [0.25, 0.3) is 16.3 Å². The molecule has 4 aromatic rings. The Balaban J connectivity index is 1.47. The summed E-state index contributed by atoms with van der Waals surface area (Å²) in [5.41, 5.74) is 4.10. The molecule has 0 spiro atoms. The lowest BCUT2D eigenvalue weighted by Gasteiger charge is -2.38. The summed E-state index contributed by atoms with van der Waals surface area (Å²) in [7, 11) is 0. The van der Waals surface area contributed by atoms with Crippen molar-refractivity contribution in [1.29, 1.82) is 0 Å². The number of anilines is 1. The van der Waals surface area contributed by atoms with Gasteiger partial charge in [0, 0.05) is 11.5 Å². The largest absolute Gasteiger partial charge is 0.425 e. The zero-order valence-corrected chi connectivity index (χ0v) is 20.1. The molecule has 0 saturated carbocycles. The van der Waals surface area contributed by atoms with E-state index in [0.717, 1.165) is 33.0 Å². The first-order valence-electron chi connectivity index (χ1n) is 12.5. The molecule has 0 radical (unpaired) electrons. The maximum absolute atomic E-state index is 14.1. The van der Waals surface area contributed by atoms with Gasteiger partial charge in [-0.25, -0.2) is 4.90 Å². The van der Waals surface area contributed by atoms with Gasteiger partial charge in [-0.15, -0.1) is 0 Å². The minimum absolute atomic E-state index is 0.278. The number of allylic oxidation sites excluding steroid dienone is 1. The number of nitrogens with zero attached hydrogens (tertiary/aromatic N) is 1. The van der Waals surface area contributed by atoms with Gasteiger partial charge >= 0.3 is 5.97 Å². The van der Waals surface area contributed by atoms with Crippen molar-refractivity contribution in [1.82, 2.24) is 0 Å². The lowest BCUT2D eigenvalue weighted by atomic mass is 9.64. The van der Waals surface area contributed by atoms with Gasteiger partial charge in [-0.1, -0.05) is 84.4 Å². The zero-order chi connectivity index (χ0) is 25.3. The summed E-state index contributed by atoms with van der Waals surface area (Å²) in [6, 6.07) is 28.8. The Kier molecular flexibility index (Phi) is 4.70. The number of carbonyl (C=O) groups excluding carboxylic acids is 3. The molecule has 0 aromatic heterocycles. The second kappa shape index (κ2) is 8.00. The van der Waals surface area contributed by atoms with Crippen LogP contribution in [0.3, 0.4) is 0 Å². The fourth-order valence-electron chi connectivity index (χ4n) is 6.28. The maximum Gasteiger partial charge on any atom is 0.319 e. The molecule has 1 saturated heterocycles. The standard InChI is InChI=1S/C32H23NO4/c1-18-11-14-21(15-12-18)33-30(34)27-23(19-7-3-2-4-8-19)17-24-26-22-10-6-5-9-20(22)13-16-25(26)37-32(36)28(24)29(27)31(33)35/h2-17,23,27-29H,1H3/t23-,27+,28+,29-/m0/s1. The Hall–Kier alpha value is -4.51. The molecular formula is C32H23NO4. The third-order valence-electron chi connectivity index (χ3n) is 7.96. The van der Waals surface area contributed by atoms with Crippen molar-refractivity contribution < 1.29 is 19.1 Å². The molecule has 37 heavy (non-hydrogen) atoms. The van der Waals surface area contributed by atoms with Crippen LogP contribution in [0.4, 0.5) is 5.69 Å². The van der Waals surface area contributed by atoms with E-state index in [0.29, 0.717) is 11.4 Å². The molecule has 0 unspecified atom stereocenters. The minimum Gasteiger partial charge on any atom is -0.425 e. The highest BCUT2D eigenvalue weighted by molar-refractivity contribution is 6.25. The molecule has 5 heteroatoms. The topological polar surface area (TPSA) is 63.7 Å². The number of amides is 2. The van der Waals surface area contributed by atoms with E-state index in [4.69, 9.17) is 4.74 Å². The van der Waals surface area contributed by atoms with Crippen LogP contribution in [0.5, 0.6) is 5.75 Å². The van der Waals surface area contributed by atoms with Gasteiger partial charge < -0.3 is 4.74 Å². The highest BCUT2D eigenvalue weighted by Gasteiger charge is 2.60. The second-order valence-electron chi connectivity index (χ2n) is 10.0. The molecule has 1 fully saturated rings. The molecule has 2 heterocycles. The van der Waals surface area contributed by atoms with Crippen LogP contribution in [0.15, 0.2) is 97.1 Å². The average molecular weight is 486 g/mol. The number of carbonyl (C=O) groups is 3. The molecule has 4 aromatic carbocycles. The number of fused-ring (bicyclic) bond motifs is 7. The van der Waals surface area contributed by atoms with Gasteiger partial charge in [0.25, 0.3) is 0 Å². The van der Waals surface area contributed by atoms with Crippen molar-refractivity contribution in [3.05, 3.63) is 114 Å². The van der Waals surface area contributed by atoms with Gasteiger partial charge in [0.15, 0.2) is 0 Å². The van der Waals surface area contributed by atoms with Gasteiger partial charge in [-0.2, -0.15) is 0 Å².